The molecular weight excluding hydrogens is 408 g/mol. The van der Waals surface area contributed by atoms with Gasteiger partial charge in [-0.1, -0.05) is 12.1 Å². The van der Waals surface area contributed by atoms with E-state index in [1.807, 2.05) is 48.5 Å². The molecule has 0 saturated heterocycles. The highest BCUT2D eigenvalue weighted by molar-refractivity contribution is 5.88. The molecule has 0 bridgehead atoms. The van der Waals surface area contributed by atoms with E-state index in [0.717, 1.165) is 16.6 Å². The number of rotatable bonds is 9. The van der Waals surface area contributed by atoms with Gasteiger partial charge in [-0.3, -0.25) is 4.98 Å². The molecule has 7 nitrogen and oxygen atoms in total. The molecule has 0 spiro atoms. The van der Waals surface area contributed by atoms with E-state index in [1.54, 1.807) is 38.6 Å². The fourth-order valence-corrected chi connectivity index (χ4v) is 3.24. The number of aromatic hydroxyl groups is 1. The van der Waals surface area contributed by atoms with Crippen LogP contribution in [0.2, 0.25) is 0 Å². The number of phenols is 1. The number of hydrogen-bond acceptors (Lipinski definition) is 7. The van der Waals surface area contributed by atoms with Gasteiger partial charge in [-0.15, -0.1) is 0 Å². The molecule has 0 amide bonds. The Hall–Kier alpha value is -4.13. The lowest BCUT2D eigenvalue weighted by Gasteiger charge is -2.13. The monoisotopic (exact) mass is 432 g/mol. The number of benzene rings is 3. The van der Waals surface area contributed by atoms with E-state index in [-0.39, 0.29) is 5.75 Å². The lowest BCUT2D eigenvalue weighted by molar-refractivity contribution is 0.312. The maximum absolute atomic E-state index is 9.72. The molecule has 1 heterocycles. The number of pyridine rings is 1. The van der Waals surface area contributed by atoms with Gasteiger partial charge in [-0.25, -0.2) is 0 Å². The molecule has 4 aromatic rings. The molecule has 0 fully saturated rings. The molecule has 164 valence electrons. The van der Waals surface area contributed by atoms with Crippen LogP contribution >= 0.6 is 0 Å². The molecular formula is C25H24N2O5. The first-order valence-electron chi connectivity index (χ1n) is 10.1. The van der Waals surface area contributed by atoms with Crippen molar-refractivity contribution in [3.8, 4) is 34.5 Å². The molecule has 0 radical (unpaired) electrons. The summed E-state index contributed by atoms with van der Waals surface area (Å²) in [4.78, 5) is 4.40. The second kappa shape index (κ2) is 9.78. The predicted octanol–water partition coefficient (Wildman–Crippen LogP) is 5.24. The van der Waals surface area contributed by atoms with Crippen molar-refractivity contribution in [3.05, 3.63) is 72.9 Å². The minimum absolute atomic E-state index is 0.133. The Morgan fingerprint density at radius 1 is 0.844 bits per heavy atom. The van der Waals surface area contributed by atoms with Crippen molar-refractivity contribution in [2.24, 2.45) is 0 Å². The SMILES string of the molecule is COc1cc2nccc(Oc3ccc(NCCOc4ccccc4O)cc3)c2cc1OC. The van der Waals surface area contributed by atoms with E-state index in [0.29, 0.717) is 41.9 Å². The molecule has 0 aliphatic rings. The van der Waals surface area contributed by atoms with Crippen LogP contribution in [-0.2, 0) is 0 Å². The zero-order valence-corrected chi connectivity index (χ0v) is 17.9. The molecule has 0 aliphatic heterocycles. The summed E-state index contributed by atoms with van der Waals surface area (Å²) in [6.45, 7) is 1.01. The van der Waals surface area contributed by atoms with Crippen LogP contribution in [0.3, 0.4) is 0 Å². The third-order valence-electron chi connectivity index (χ3n) is 4.84. The highest BCUT2D eigenvalue weighted by Gasteiger charge is 2.11. The largest absolute Gasteiger partial charge is 0.504 e. The van der Waals surface area contributed by atoms with Gasteiger partial charge in [0.15, 0.2) is 23.0 Å². The summed E-state index contributed by atoms with van der Waals surface area (Å²) < 4.78 is 22.4. The molecule has 0 atom stereocenters. The molecule has 0 aliphatic carbocycles. The summed E-state index contributed by atoms with van der Waals surface area (Å²) in [5, 5.41) is 13.8. The van der Waals surface area contributed by atoms with Gasteiger partial charge >= 0.3 is 0 Å². The van der Waals surface area contributed by atoms with Gasteiger partial charge < -0.3 is 29.4 Å². The number of ether oxygens (including phenoxy) is 4. The molecule has 3 aromatic carbocycles. The number of hydrogen-bond donors (Lipinski definition) is 2. The number of fused-ring (bicyclic) bond motifs is 1. The third-order valence-corrected chi connectivity index (χ3v) is 4.84. The average Bonchev–Trinajstić information content (AvgIpc) is 2.83. The standard InChI is InChI=1S/C25H24N2O5/c1-29-24-15-19-20(16-25(24)30-2)27-12-11-22(19)32-18-9-7-17(8-10-18)26-13-14-31-23-6-4-3-5-21(23)28/h3-12,15-16,26,28H,13-14H2,1-2H3. The van der Waals surface area contributed by atoms with Crippen LogP contribution in [0, 0.1) is 0 Å². The number of anilines is 1. The molecule has 4 rings (SSSR count). The average molecular weight is 432 g/mol. The van der Waals surface area contributed by atoms with Crippen molar-refractivity contribution in [3.63, 3.8) is 0 Å². The van der Waals surface area contributed by atoms with Crippen molar-refractivity contribution >= 4 is 16.6 Å². The van der Waals surface area contributed by atoms with Crippen LogP contribution in [0.4, 0.5) is 5.69 Å². The van der Waals surface area contributed by atoms with Gasteiger partial charge in [0.1, 0.15) is 18.1 Å². The second-order valence-corrected chi connectivity index (χ2v) is 6.90. The Bertz CT molecular complexity index is 1190. The normalized spacial score (nSPS) is 10.6. The van der Waals surface area contributed by atoms with Gasteiger partial charge in [-0.2, -0.15) is 0 Å². The summed E-state index contributed by atoms with van der Waals surface area (Å²) in [6.07, 6.45) is 1.70. The Morgan fingerprint density at radius 3 is 2.34 bits per heavy atom. The first-order chi connectivity index (χ1) is 15.7. The highest BCUT2D eigenvalue weighted by Crippen LogP contribution is 2.37. The van der Waals surface area contributed by atoms with Crippen molar-refractivity contribution < 1.29 is 24.1 Å². The van der Waals surface area contributed by atoms with Gasteiger partial charge in [0, 0.05) is 29.9 Å². The number of para-hydroxylation sites is 2. The molecule has 7 heteroatoms. The molecule has 0 unspecified atom stereocenters. The van der Waals surface area contributed by atoms with Crippen LogP contribution in [0.5, 0.6) is 34.5 Å². The first-order valence-corrected chi connectivity index (χ1v) is 10.1. The predicted molar refractivity (Wildman–Crippen MR) is 123 cm³/mol. The van der Waals surface area contributed by atoms with E-state index < -0.39 is 0 Å². The minimum atomic E-state index is 0.133. The number of phenolic OH excluding ortho intramolecular Hbond substituents is 1. The maximum atomic E-state index is 9.72. The van der Waals surface area contributed by atoms with E-state index in [4.69, 9.17) is 18.9 Å². The molecule has 2 N–H and O–H groups in total. The number of aromatic nitrogens is 1. The first kappa shape index (κ1) is 21.1. The maximum Gasteiger partial charge on any atom is 0.162 e. The third kappa shape index (κ3) is 4.78. The number of nitrogens with zero attached hydrogens (tertiary/aromatic N) is 1. The van der Waals surface area contributed by atoms with E-state index in [9.17, 15) is 5.11 Å². The Kier molecular flexibility index (Phi) is 6.46. The van der Waals surface area contributed by atoms with Crippen LogP contribution in [0.15, 0.2) is 72.9 Å². The fraction of sp³-hybridized carbons (Fsp3) is 0.160. The zero-order chi connectivity index (χ0) is 22.3. The molecule has 32 heavy (non-hydrogen) atoms. The fourth-order valence-electron chi connectivity index (χ4n) is 3.24. The summed E-state index contributed by atoms with van der Waals surface area (Å²) in [6, 6.07) is 20.0. The quantitative estimate of drug-likeness (QED) is 0.350. The van der Waals surface area contributed by atoms with E-state index >= 15 is 0 Å². The minimum Gasteiger partial charge on any atom is -0.504 e. The Morgan fingerprint density at radius 2 is 1.59 bits per heavy atom. The van der Waals surface area contributed by atoms with Crippen molar-refractivity contribution in [2.45, 2.75) is 0 Å². The van der Waals surface area contributed by atoms with Gasteiger partial charge in [0.25, 0.3) is 0 Å². The van der Waals surface area contributed by atoms with Gasteiger partial charge in [-0.05, 0) is 48.5 Å². The van der Waals surface area contributed by atoms with Crippen LogP contribution in [0.25, 0.3) is 10.9 Å². The summed E-state index contributed by atoms with van der Waals surface area (Å²) in [5.41, 5.74) is 1.69. The number of methoxy groups -OCH3 is 2. The lowest BCUT2D eigenvalue weighted by Crippen LogP contribution is -2.11. The molecule has 0 saturated carbocycles. The smallest absolute Gasteiger partial charge is 0.162 e. The van der Waals surface area contributed by atoms with Crippen molar-refractivity contribution in [2.75, 3.05) is 32.7 Å². The Balaban J connectivity index is 1.39. The Labute approximate surface area is 186 Å². The summed E-state index contributed by atoms with van der Waals surface area (Å²) in [5.74, 6) is 3.21. The number of nitrogens with one attached hydrogen (secondary N) is 1. The van der Waals surface area contributed by atoms with Gasteiger partial charge in [0.2, 0.25) is 0 Å². The van der Waals surface area contributed by atoms with Crippen molar-refractivity contribution in [1.29, 1.82) is 0 Å². The van der Waals surface area contributed by atoms with Gasteiger partial charge in [0.05, 0.1) is 19.7 Å². The summed E-state index contributed by atoms with van der Waals surface area (Å²) >= 11 is 0. The zero-order valence-electron chi connectivity index (χ0n) is 17.9. The van der Waals surface area contributed by atoms with Crippen LogP contribution in [0.1, 0.15) is 0 Å². The van der Waals surface area contributed by atoms with Crippen LogP contribution < -0.4 is 24.3 Å². The van der Waals surface area contributed by atoms with E-state index in [2.05, 4.69) is 10.3 Å². The summed E-state index contributed by atoms with van der Waals surface area (Å²) in [7, 11) is 3.19. The van der Waals surface area contributed by atoms with Crippen LogP contribution in [-0.4, -0.2) is 37.5 Å². The van der Waals surface area contributed by atoms with E-state index in [1.165, 1.54) is 0 Å². The second-order valence-electron chi connectivity index (χ2n) is 6.90. The van der Waals surface area contributed by atoms with Crippen molar-refractivity contribution in [1.82, 2.24) is 4.98 Å². The highest BCUT2D eigenvalue weighted by atomic mass is 16.5. The molecule has 1 aromatic heterocycles. The topological polar surface area (TPSA) is 82.1 Å². The lowest BCUT2D eigenvalue weighted by atomic mass is 10.2.